The number of hydrogen-bond acceptors (Lipinski definition) is 3. The van der Waals surface area contributed by atoms with Gasteiger partial charge < -0.3 is 16.2 Å². The van der Waals surface area contributed by atoms with Crippen LogP contribution >= 0.6 is 0 Å². The molecule has 1 aliphatic carbocycles. The fraction of sp³-hybridized carbons (Fsp3) is 0.833. The van der Waals surface area contributed by atoms with E-state index < -0.39 is 6.09 Å². The van der Waals surface area contributed by atoms with Gasteiger partial charge in [-0.2, -0.15) is 0 Å². The molecule has 0 aromatic heterocycles. The molecule has 0 radical (unpaired) electrons. The normalized spacial score (nSPS) is 32.1. The zero-order chi connectivity index (χ0) is 7.56. The van der Waals surface area contributed by atoms with Crippen molar-refractivity contribution in [2.75, 3.05) is 0 Å². The van der Waals surface area contributed by atoms with E-state index in [-0.39, 0.29) is 12.1 Å². The standard InChI is InChI=1S/C6H12N2O2/c7-4-2-1-3-5(4)10-6(8)9/h4-5H,1-3,7H2,(H2,8,9)/t4-,5-/m0/s1. The van der Waals surface area contributed by atoms with Crippen molar-refractivity contribution in [3.05, 3.63) is 0 Å². The molecular formula is C6H12N2O2. The lowest BCUT2D eigenvalue weighted by molar-refractivity contribution is 0.101. The SMILES string of the molecule is NC(=O)O[C@H]1CCC[C@@H]1N. The van der Waals surface area contributed by atoms with Crippen LogP contribution in [0, 0.1) is 0 Å². The fourth-order valence-corrected chi connectivity index (χ4v) is 1.25. The van der Waals surface area contributed by atoms with Gasteiger partial charge in [0.1, 0.15) is 6.10 Å². The van der Waals surface area contributed by atoms with Crippen LogP contribution < -0.4 is 11.5 Å². The first-order chi connectivity index (χ1) is 4.70. The van der Waals surface area contributed by atoms with E-state index in [4.69, 9.17) is 16.2 Å². The minimum Gasteiger partial charge on any atom is -0.445 e. The van der Waals surface area contributed by atoms with Gasteiger partial charge in [0.25, 0.3) is 0 Å². The second-order valence-corrected chi connectivity index (χ2v) is 2.57. The number of nitrogens with two attached hydrogens (primary N) is 2. The van der Waals surface area contributed by atoms with Crippen molar-refractivity contribution in [1.29, 1.82) is 0 Å². The maximum Gasteiger partial charge on any atom is 0.404 e. The third-order valence-electron chi connectivity index (χ3n) is 1.77. The summed E-state index contributed by atoms with van der Waals surface area (Å²) < 4.78 is 4.74. The van der Waals surface area contributed by atoms with Gasteiger partial charge in [-0.25, -0.2) is 4.79 Å². The molecule has 58 valence electrons. The van der Waals surface area contributed by atoms with Gasteiger partial charge in [-0.05, 0) is 19.3 Å². The molecular weight excluding hydrogens is 132 g/mol. The first kappa shape index (κ1) is 7.34. The van der Waals surface area contributed by atoms with Crippen LogP contribution in [0.2, 0.25) is 0 Å². The number of ether oxygens (including phenoxy) is 1. The lowest BCUT2D eigenvalue weighted by Gasteiger charge is -2.13. The summed E-state index contributed by atoms with van der Waals surface area (Å²) in [7, 11) is 0. The van der Waals surface area contributed by atoms with Gasteiger partial charge in [0.15, 0.2) is 0 Å². The number of amides is 1. The maximum absolute atomic E-state index is 10.2. The van der Waals surface area contributed by atoms with Crippen LogP contribution in [0.4, 0.5) is 4.79 Å². The molecule has 0 bridgehead atoms. The molecule has 4 nitrogen and oxygen atoms in total. The van der Waals surface area contributed by atoms with E-state index in [1.165, 1.54) is 0 Å². The Morgan fingerprint density at radius 2 is 2.20 bits per heavy atom. The summed E-state index contributed by atoms with van der Waals surface area (Å²) >= 11 is 0. The van der Waals surface area contributed by atoms with Gasteiger partial charge in [0.05, 0.1) is 0 Å². The number of carbonyl (C=O) groups is 1. The number of rotatable bonds is 1. The van der Waals surface area contributed by atoms with Gasteiger partial charge >= 0.3 is 6.09 Å². The van der Waals surface area contributed by atoms with Crippen LogP contribution in [-0.4, -0.2) is 18.2 Å². The molecule has 0 unspecified atom stereocenters. The molecule has 1 fully saturated rings. The summed E-state index contributed by atoms with van der Waals surface area (Å²) in [5.74, 6) is 0. The highest BCUT2D eigenvalue weighted by molar-refractivity contribution is 5.64. The van der Waals surface area contributed by atoms with E-state index in [1.54, 1.807) is 0 Å². The molecule has 0 spiro atoms. The zero-order valence-corrected chi connectivity index (χ0v) is 5.75. The van der Waals surface area contributed by atoms with E-state index in [9.17, 15) is 4.79 Å². The first-order valence-corrected chi connectivity index (χ1v) is 3.42. The molecule has 0 aromatic carbocycles. The highest BCUT2D eigenvalue weighted by atomic mass is 16.6. The summed E-state index contributed by atoms with van der Waals surface area (Å²) in [6, 6.07) is -0.00694. The maximum atomic E-state index is 10.2. The third-order valence-corrected chi connectivity index (χ3v) is 1.77. The average Bonchev–Trinajstić information content (AvgIpc) is 2.15. The van der Waals surface area contributed by atoms with Crippen molar-refractivity contribution in [3.8, 4) is 0 Å². The van der Waals surface area contributed by atoms with E-state index in [1.807, 2.05) is 0 Å². The predicted octanol–water partition coefficient (Wildman–Crippen LogP) is -0.0385. The minimum absolute atomic E-state index is 0.00694. The molecule has 0 aliphatic heterocycles. The van der Waals surface area contributed by atoms with Gasteiger partial charge in [-0.1, -0.05) is 0 Å². The summed E-state index contributed by atoms with van der Waals surface area (Å²) in [6.45, 7) is 0. The van der Waals surface area contributed by atoms with E-state index in [0.29, 0.717) is 0 Å². The van der Waals surface area contributed by atoms with Crippen molar-refractivity contribution in [1.82, 2.24) is 0 Å². The smallest absolute Gasteiger partial charge is 0.404 e. The summed E-state index contributed by atoms with van der Waals surface area (Å²) in [5, 5.41) is 0. The molecule has 4 heteroatoms. The second-order valence-electron chi connectivity index (χ2n) is 2.57. The molecule has 1 saturated carbocycles. The van der Waals surface area contributed by atoms with Crippen molar-refractivity contribution >= 4 is 6.09 Å². The van der Waals surface area contributed by atoms with Crippen LogP contribution in [0.3, 0.4) is 0 Å². The van der Waals surface area contributed by atoms with E-state index in [0.717, 1.165) is 19.3 Å². The summed E-state index contributed by atoms with van der Waals surface area (Å²) in [4.78, 5) is 10.2. The van der Waals surface area contributed by atoms with Gasteiger partial charge in [-0.15, -0.1) is 0 Å². The monoisotopic (exact) mass is 144 g/mol. The van der Waals surface area contributed by atoms with Gasteiger partial charge in [0.2, 0.25) is 0 Å². The van der Waals surface area contributed by atoms with Crippen LogP contribution in [0.1, 0.15) is 19.3 Å². The quantitative estimate of drug-likeness (QED) is 0.542. The average molecular weight is 144 g/mol. The van der Waals surface area contributed by atoms with E-state index >= 15 is 0 Å². The molecule has 4 N–H and O–H groups in total. The van der Waals surface area contributed by atoms with E-state index in [2.05, 4.69) is 0 Å². The zero-order valence-electron chi connectivity index (χ0n) is 5.75. The fourth-order valence-electron chi connectivity index (χ4n) is 1.25. The molecule has 0 saturated heterocycles. The molecule has 1 amide bonds. The Kier molecular flexibility index (Phi) is 2.11. The van der Waals surface area contributed by atoms with Gasteiger partial charge in [-0.3, -0.25) is 0 Å². The van der Waals surface area contributed by atoms with Crippen molar-refractivity contribution in [3.63, 3.8) is 0 Å². The Hall–Kier alpha value is -0.770. The first-order valence-electron chi connectivity index (χ1n) is 3.42. The Morgan fingerprint density at radius 1 is 1.50 bits per heavy atom. The Morgan fingerprint density at radius 3 is 2.60 bits per heavy atom. The van der Waals surface area contributed by atoms with Gasteiger partial charge in [0, 0.05) is 6.04 Å². The number of hydrogen-bond donors (Lipinski definition) is 2. The Labute approximate surface area is 59.5 Å². The topological polar surface area (TPSA) is 78.3 Å². The van der Waals surface area contributed by atoms with Crippen LogP contribution in [0.15, 0.2) is 0 Å². The Bertz CT molecular complexity index is 138. The lowest BCUT2D eigenvalue weighted by atomic mass is 10.2. The summed E-state index contributed by atoms with van der Waals surface area (Å²) in [6.07, 6.45) is 1.95. The third kappa shape index (κ3) is 1.60. The molecule has 0 heterocycles. The molecule has 1 aliphatic rings. The molecule has 1 rings (SSSR count). The number of carbonyl (C=O) groups excluding carboxylic acids is 1. The molecule has 2 atom stereocenters. The van der Waals surface area contributed by atoms with Crippen LogP contribution in [0.5, 0.6) is 0 Å². The predicted molar refractivity (Wildman–Crippen MR) is 36.3 cm³/mol. The highest BCUT2D eigenvalue weighted by Gasteiger charge is 2.26. The van der Waals surface area contributed by atoms with Crippen LogP contribution in [0.25, 0.3) is 0 Å². The Balaban J connectivity index is 2.33. The molecule has 0 aromatic rings. The van der Waals surface area contributed by atoms with Crippen molar-refractivity contribution in [2.24, 2.45) is 11.5 Å². The minimum atomic E-state index is -0.720. The summed E-state index contributed by atoms with van der Waals surface area (Å²) in [5.41, 5.74) is 10.4. The van der Waals surface area contributed by atoms with Crippen molar-refractivity contribution < 1.29 is 9.53 Å². The lowest BCUT2D eigenvalue weighted by Crippen LogP contribution is -2.34. The molecule has 10 heavy (non-hydrogen) atoms. The second kappa shape index (κ2) is 2.88. The van der Waals surface area contributed by atoms with Crippen LogP contribution in [-0.2, 0) is 4.74 Å². The highest BCUT2D eigenvalue weighted by Crippen LogP contribution is 2.19. The largest absolute Gasteiger partial charge is 0.445 e. The number of primary amides is 1. The van der Waals surface area contributed by atoms with Crippen molar-refractivity contribution in [2.45, 2.75) is 31.4 Å².